The molecule has 0 aliphatic carbocycles. The van der Waals surface area contributed by atoms with Gasteiger partial charge in [-0.25, -0.2) is 0 Å². The van der Waals surface area contributed by atoms with Crippen LogP contribution in [0.1, 0.15) is 233 Å². The Kier molecular flexibility index (Phi) is 47.5. The molecule has 0 heterocycles. The molecule has 0 bridgehead atoms. The van der Waals surface area contributed by atoms with E-state index in [-0.39, 0.29) is 43.4 Å². The standard InChI is InChI=1S/C56H104N2O7/c1-7-11-15-19-23-24-25-26-27-28-29-30-31-33-37-42-54(60)64-50-52(49-58(46-40-45-57(5)6)53(59)41-36-32-20-16-12-8-2)51-65-55(61)43-44-56(62-47-38-34-21-17-13-9-3)63-48-39-35-22-18-14-10-4/h13-14,17-18,26-27,52,56H,7-12,15-16,19-25,28-51H2,1-6H3/b17-13-,18-14-,27-26-. The first-order valence-corrected chi connectivity index (χ1v) is 27.2. The van der Waals surface area contributed by atoms with Crippen molar-refractivity contribution >= 4 is 17.8 Å². The normalized spacial score (nSPS) is 12.4. The predicted octanol–water partition coefficient (Wildman–Crippen LogP) is 14.7. The van der Waals surface area contributed by atoms with Crippen LogP contribution in [0.5, 0.6) is 0 Å². The maximum atomic E-state index is 13.7. The molecule has 9 heteroatoms. The Morgan fingerprint density at radius 3 is 1.38 bits per heavy atom. The van der Waals surface area contributed by atoms with Crippen molar-refractivity contribution in [3.05, 3.63) is 36.5 Å². The molecule has 0 saturated heterocycles. The highest BCUT2D eigenvalue weighted by molar-refractivity contribution is 5.76. The van der Waals surface area contributed by atoms with Crippen LogP contribution in [0.4, 0.5) is 0 Å². The number of esters is 2. The van der Waals surface area contributed by atoms with Crippen LogP contribution in [-0.2, 0) is 33.3 Å². The Labute approximate surface area is 401 Å². The van der Waals surface area contributed by atoms with Crippen LogP contribution >= 0.6 is 0 Å². The van der Waals surface area contributed by atoms with E-state index in [0.717, 1.165) is 109 Å². The molecule has 380 valence electrons. The Morgan fingerprint density at radius 2 is 0.892 bits per heavy atom. The minimum atomic E-state index is -0.472. The Bertz CT molecular complexity index is 1130. The molecule has 0 spiro atoms. The molecule has 1 unspecified atom stereocenters. The molecule has 0 aliphatic rings. The summed E-state index contributed by atoms with van der Waals surface area (Å²) in [5, 5.41) is 0. The summed E-state index contributed by atoms with van der Waals surface area (Å²) in [5.74, 6) is -0.762. The number of carbonyl (C=O) groups is 3. The highest BCUT2D eigenvalue weighted by Crippen LogP contribution is 2.16. The molecule has 0 N–H and O–H groups in total. The van der Waals surface area contributed by atoms with E-state index in [1.807, 2.05) is 19.0 Å². The number of nitrogens with zero attached hydrogens (tertiary/aromatic N) is 2. The molecule has 0 aromatic heterocycles. The van der Waals surface area contributed by atoms with Crippen LogP contribution in [0.2, 0.25) is 0 Å². The molecule has 1 amide bonds. The van der Waals surface area contributed by atoms with E-state index in [9.17, 15) is 14.4 Å². The number of unbranched alkanes of at least 4 members (excludes halogenated alkanes) is 20. The maximum Gasteiger partial charge on any atom is 0.305 e. The molecule has 0 fully saturated rings. The smallest absolute Gasteiger partial charge is 0.305 e. The summed E-state index contributed by atoms with van der Waals surface area (Å²) in [6.45, 7) is 12.0. The molecule has 1 atom stereocenters. The number of allylic oxidation sites excluding steroid dienone is 6. The van der Waals surface area contributed by atoms with Crippen LogP contribution in [0.15, 0.2) is 36.5 Å². The van der Waals surface area contributed by atoms with Gasteiger partial charge in [-0.05, 0) is 117 Å². The van der Waals surface area contributed by atoms with Crippen molar-refractivity contribution in [3.63, 3.8) is 0 Å². The van der Waals surface area contributed by atoms with Gasteiger partial charge in [0.15, 0.2) is 6.29 Å². The van der Waals surface area contributed by atoms with Gasteiger partial charge >= 0.3 is 11.9 Å². The summed E-state index contributed by atoms with van der Waals surface area (Å²) in [6, 6.07) is 0. The summed E-state index contributed by atoms with van der Waals surface area (Å²) in [4.78, 5) is 44.0. The van der Waals surface area contributed by atoms with Crippen LogP contribution < -0.4 is 0 Å². The van der Waals surface area contributed by atoms with E-state index in [1.165, 1.54) is 77.0 Å². The number of carbonyl (C=O) groups excluding carboxylic acids is 3. The first-order chi connectivity index (χ1) is 31.8. The Balaban J connectivity index is 5.33. The van der Waals surface area contributed by atoms with Crippen LogP contribution in [0.25, 0.3) is 0 Å². The van der Waals surface area contributed by atoms with Crippen LogP contribution in [0.3, 0.4) is 0 Å². The van der Waals surface area contributed by atoms with Gasteiger partial charge in [0, 0.05) is 51.5 Å². The lowest BCUT2D eigenvalue weighted by Gasteiger charge is -2.28. The number of ether oxygens (including phenoxy) is 4. The summed E-state index contributed by atoms with van der Waals surface area (Å²) in [7, 11) is 4.08. The Morgan fingerprint density at radius 1 is 0.462 bits per heavy atom. The molecular weight excluding hydrogens is 813 g/mol. The largest absolute Gasteiger partial charge is 0.465 e. The third-order valence-electron chi connectivity index (χ3n) is 11.7. The average Bonchev–Trinajstić information content (AvgIpc) is 3.29. The lowest BCUT2D eigenvalue weighted by atomic mass is 10.1. The van der Waals surface area contributed by atoms with Gasteiger partial charge in [0.1, 0.15) is 0 Å². The molecule has 0 aromatic rings. The molecule has 65 heavy (non-hydrogen) atoms. The Hall–Kier alpha value is -2.49. The highest BCUT2D eigenvalue weighted by Gasteiger charge is 2.23. The van der Waals surface area contributed by atoms with Crippen LogP contribution in [-0.4, -0.2) is 94.1 Å². The lowest BCUT2D eigenvalue weighted by Crippen LogP contribution is -2.40. The van der Waals surface area contributed by atoms with E-state index >= 15 is 0 Å². The second-order valence-corrected chi connectivity index (χ2v) is 18.5. The highest BCUT2D eigenvalue weighted by atomic mass is 16.7. The first-order valence-electron chi connectivity index (χ1n) is 27.2. The van der Waals surface area contributed by atoms with Crippen molar-refractivity contribution in [1.29, 1.82) is 0 Å². The molecule has 0 aromatic carbocycles. The van der Waals surface area contributed by atoms with Gasteiger partial charge in [-0.2, -0.15) is 0 Å². The van der Waals surface area contributed by atoms with Gasteiger partial charge in [0.05, 0.1) is 19.6 Å². The van der Waals surface area contributed by atoms with Gasteiger partial charge in [0.2, 0.25) is 5.91 Å². The predicted molar refractivity (Wildman–Crippen MR) is 274 cm³/mol. The van der Waals surface area contributed by atoms with Gasteiger partial charge < -0.3 is 28.7 Å². The topological polar surface area (TPSA) is 94.6 Å². The second-order valence-electron chi connectivity index (χ2n) is 18.5. The summed E-state index contributed by atoms with van der Waals surface area (Å²) in [5.41, 5.74) is 0. The minimum Gasteiger partial charge on any atom is -0.465 e. The van der Waals surface area contributed by atoms with Crippen molar-refractivity contribution in [1.82, 2.24) is 9.80 Å². The average molecular weight is 917 g/mol. The van der Waals surface area contributed by atoms with Gasteiger partial charge in [-0.3, -0.25) is 14.4 Å². The van der Waals surface area contributed by atoms with Gasteiger partial charge in [-0.1, -0.05) is 148 Å². The first kappa shape index (κ1) is 62.5. The molecule has 0 rings (SSSR count). The molecule has 0 saturated carbocycles. The summed E-state index contributed by atoms with van der Waals surface area (Å²) >= 11 is 0. The molecule has 9 nitrogen and oxygen atoms in total. The van der Waals surface area contributed by atoms with Crippen molar-refractivity contribution in [3.8, 4) is 0 Å². The van der Waals surface area contributed by atoms with Crippen molar-refractivity contribution < 1.29 is 33.3 Å². The van der Waals surface area contributed by atoms with Crippen LogP contribution in [0, 0.1) is 5.92 Å². The number of hydrogen-bond donors (Lipinski definition) is 0. The van der Waals surface area contributed by atoms with E-state index in [4.69, 9.17) is 18.9 Å². The minimum absolute atomic E-state index is 0.0803. The zero-order valence-electron chi connectivity index (χ0n) is 43.4. The zero-order chi connectivity index (χ0) is 47.7. The molecule has 0 radical (unpaired) electrons. The summed E-state index contributed by atoms with van der Waals surface area (Å²) < 4.78 is 24.0. The monoisotopic (exact) mass is 917 g/mol. The van der Waals surface area contributed by atoms with Crippen molar-refractivity contribution in [2.75, 3.05) is 60.2 Å². The van der Waals surface area contributed by atoms with E-state index in [1.54, 1.807) is 0 Å². The molecular formula is C56H104N2O7. The fourth-order valence-corrected chi connectivity index (χ4v) is 7.66. The summed E-state index contributed by atoms with van der Waals surface area (Å²) in [6.07, 6.45) is 45.8. The fraction of sp³-hybridized carbons (Fsp3) is 0.839. The van der Waals surface area contributed by atoms with Gasteiger partial charge in [0.25, 0.3) is 0 Å². The third kappa shape index (κ3) is 45.1. The van der Waals surface area contributed by atoms with Crippen molar-refractivity contribution in [2.45, 2.75) is 239 Å². The van der Waals surface area contributed by atoms with E-state index < -0.39 is 6.29 Å². The SMILES string of the molecule is CC/C=C\CCCCOC(CCC(=O)OCC(COC(=O)CCCCCCC/C=C\CCCCCCCC)CN(CCCN(C)C)C(=O)CCCCCCCC)OCCCC/C=C\CC. The van der Waals surface area contributed by atoms with E-state index in [0.29, 0.717) is 45.6 Å². The lowest BCUT2D eigenvalue weighted by molar-refractivity contribution is -0.161. The molecule has 0 aliphatic heterocycles. The quantitative estimate of drug-likeness (QED) is 0.0258. The fourth-order valence-electron chi connectivity index (χ4n) is 7.66. The van der Waals surface area contributed by atoms with Crippen molar-refractivity contribution in [2.24, 2.45) is 5.92 Å². The maximum absolute atomic E-state index is 13.7. The van der Waals surface area contributed by atoms with Gasteiger partial charge in [-0.15, -0.1) is 0 Å². The third-order valence-corrected chi connectivity index (χ3v) is 11.7. The number of hydrogen-bond acceptors (Lipinski definition) is 8. The number of rotatable bonds is 49. The van der Waals surface area contributed by atoms with E-state index in [2.05, 4.69) is 69.1 Å². The second kappa shape index (κ2) is 49.4. The zero-order valence-corrected chi connectivity index (χ0v) is 43.4. The number of amides is 1.